The zero-order valence-corrected chi connectivity index (χ0v) is 43.1. The van der Waals surface area contributed by atoms with Gasteiger partial charge in [0, 0.05) is 67.4 Å². The van der Waals surface area contributed by atoms with Crippen LogP contribution in [0.3, 0.4) is 0 Å². The topological polar surface area (TPSA) is 205 Å². The second kappa shape index (κ2) is 23.1. The molecule has 0 unspecified atom stereocenters. The summed E-state index contributed by atoms with van der Waals surface area (Å²) < 4.78 is 26.9. The predicted molar refractivity (Wildman–Crippen MR) is 295 cm³/mol. The third-order valence-electron chi connectivity index (χ3n) is 13.6. The van der Waals surface area contributed by atoms with Gasteiger partial charge in [0.05, 0.1) is 76.7 Å². The third-order valence-corrected chi connectivity index (χ3v) is 13.6. The summed E-state index contributed by atoms with van der Waals surface area (Å²) >= 11 is 0. The Morgan fingerprint density at radius 2 is 1.35 bits per heavy atom. The number of nitrogens with zero attached hydrogens (tertiary/aromatic N) is 11. The van der Waals surface area contributed by atoms with E-state index >= 15 is 0 Å². The minimum Gasteiger partial charge on any atom is -0.492 e. The molecule has 1 atom stereocenters. The first-order chi connectivity index (χ1) is 38.3. The Morgan fingerprint density at radius 1 is 0.705 bits per heavy atom. The Bertz CT molecular complexity index is 3620. The van der Waals surface area contributed by atoms with Gasteiger partial charge in [0.25, 0.3) is 5.91 Å². The fraction of sp³-hybridized carbons (Fsp3) is 0.220. The smallest absolute Gasteiger partial charge is 0.274 e. The van der Waals surface area contributed by atoms with E-state index in [2.05, 4.69) is 56.9 Å². The Morgan fingerprint density at radius 3 is 1.99 bits per heavy atom. The number of Topliss-reactive ketones (excluding diaryl/α,β-unsaturated/α-hetero) is 1. The first kappa shape index (κ1) is 50.6. The van der Waals surface area contributed by atoms with Crippen LogP contribution in [0.1, 0.15) is 44.3 Å². The molecule has 0 saturated carbocycles. The van der Waals surface area contributed by atoms with E-state index in [1.54, 1.807) is 48.5 Å². The Kier molecular flexibility index (Phi) is 15.0. The monoisotopic (exact) mass is 1040 g/mol. The van der Waals surface area contributed by atoms with Gasteiger partial charge in [-0.1, -0.05) is 85.4 Å². The fourth-order valence-electron chi connectivity index (χ4n) is 9.57. The number of methoxy groups -OCH3 is 2. The molecule has 7 heterocycles. The van der Waals surface area contributed by atoms with Gasteiger partial charge in [-0.3, -0.25) is 9.59 Å². The summed E-state index contributed by atoms with van der Waals surface area (Å²) in [6.45, 7) is 8.11. The number of imidazole rings is 1. The largest absolute Gasteiger partial charge is 0.492 e. The van der Waals surface area contributed by atoms with Crippen LogP contribution in [0.15, 0.2) is 159 Å². The van der Waals surface area contributed by atoms with Crippen molar-refractivity contribution in [3.8, 4) is 68.2 Å². The van der Waals surface area contributed by atoms with Gasteiger partial charge in [0.1, 0.15) is 11.4 Å². The van der Waals surface area contributed by atoms with E-state index in [0.717, 1.165) is 39.3 Å². The molecule has 78 heavy (non-hydrogen) atoms. The Labute approximate surface area is 449 Å². The Hall–Kier alpha value is -9.55. The molecule has 2 fully saturated rings. The summed E-state index contributed by atoms with van der Waals surface area (Å²) in [5.41, 5.74) is 11.9. The molecule has 0 aliphatic carbocycles. The van der Waals surface area contributed by atoms with Gasteiger partial charge in [-0.05, 0) is 59.5 Å². The molecule has 11 rings (SSSR count). The predicted octanol–water partition coefficient (Wildman–Crippen LogP) is 8.20. The molecule has 2 aliphatic heterocycles. The number of benzene rings is 4. The highest BCUT2D eigenvalue weighted by Gasteiger charge is 2.28. The molecule has 1 amide bonds. The molecule has 2 N–H and O–H groups in total. The van der Waals surface area contributed by atoms with Gasteiger partial charge in [-0.2, -0.15) is 10.2 Å². The van der Waals surface area contributed by atoms with Crippen LogP contribution in [0.2, 0.25) is 0 Å². The number of rotatable bonds is 18. The lowest BCUT2D eigenvalue weighted by Gasteiger charge is -2.28. The van der Waals surface area contributed by atoms with E-state index in [1.165, 1.54) is 7.11 Å². The lowest BCUT2D eigenvalue weighted by atomic mass is 9.90. The first-order valence-corrected chi connectivity index (χ1v) is 25.6. The number of nitrogens with one attached hydrogen (secondary N) is 2. The van der Waals surface area contributed by atoms with Crippen LogP contribution in [0.4, 0.5) is 11.9 Å². The number of allylic oxidation sites excluding steroid dienone is 1. The molecule has 19 heteroatoms. The van der Waals surface area contributed by atoms with Crippen molar-refractivity contribution in [2.45, 2.75) is 12.3 Å². The maximum absolute atomic E-state index is 13.9. The van der Waals surface area contributed by atoms with E-state index in [4.69, 9.17) is 49.0 Å². The number of anilines is 2. The summed E-state index contributed by atoms with van der Waals surface area (Å²) in [7, 11) is 3.10. The number of morpholine rings is 2. The van der Waals surface area contributed by atoms with Crippen LogP contribution in [-0.2, 0) is 9.47 Å². The molecule has 0 radical (unpaired) electrons. The lowest BCUT2D eigenvalue weighted by Crippen LogP contribution is -2.38. The van der Waals surface area contributed by atoms with Gasteiger partial charge in [-0.25, -0.2) is 34.3 Å². The van der Waals surface area contributed by atoms with Crippen molar-refractivity contribution in [1.29, 1.82) is 0 Å². The highest BCUT2D eigenvalue weighted by molar-refractivity contribution is 6.03. The quantitative estimate of drug-likeness (QED) is 0.0614. The van der Waals surface area contributed by atoms with E-state index < -0.39 is 5.91 Å². The summed E-state index contributed by atoms with van der Waals surface area (Å²) in [6, 6.07) is 34.8. The molecule has 5 aromatic heterocycles. The minimum absolute atomic E-state index is 0.0105. The second-order valence-corrected chi connectivity index (χ2v) is 18.4. The van der Waals surface area contributed by atoms with Crippen molar-refractivity contribution in [3.05, 3.63) is 181 Å². The maximum atomic E-state index is 13.9. The normalized spacial score (nSPS) is 13.9. The van der Waals surface area contributed by atoms with Gasteiger partial charge in [0.15, 0.2) is 34.5 Å². The van der Waals surface area contributed by atoms with Crippen LogP contribution in [0, 0.1) is 0 Å². The van der Waals surface area contributed by atoms with Gasteiger partial charge < -0.3 is 39.0 Å². The van der Waals surface area contributed by atoms with Crippen LogP contribution in [0.5, 0.6) is 11.5 Å². The first-order valence-electron chi connectivity index (χ1n) is 25.6. The zero-order chi connectivity index (χ0) is 53.4. The summed E-state index contributed by atoms with van der Waals surface area (Å²) in [5, 5.41) is 12.0. The molecule has 4 aromatic carbocycles. The number of ketones is 1. The molecule has 19 nitrogen and oxygen atoms in total. The van der Waals surface area contributed by atoms with E-state index in [9.17, 15) is 9.59 Å². The van der Waals surface area contributed by atoms with Gasteiger partial charge in [0.2, 0.25) is 11.9 Å². The van der Waals surface area contributed by atoms with Crippen molar-refractivity contribution in [1.82, 2.24) is 54.8 Å². The molecule has 2 saturated heterocycles. The van der Waals surface area contributed by atoms with Crippen molar-refractivity contribution in [2.75, 3.05) is 83.2 Å². The highest BCUT2D eigenvalue weighted by Crippen LogP contribution is 2.40. The standard InChI is InChI=1S/C59H55N13O6/c1-4-5-18-47(39-19-21-40(22-20-39)48-36-60-56(64-48)52-54(75-2)50(65-58(67-52)69-25-29-77-30-26-69)42-14-9-16-45(33-42)71-24-11-23-62-71)44-35-63-72(38-44)46-17-10-15-43(34-46)51-55(76-3)53(68-59(66-51)70-27-31-78-32-28-70)57(74)61-37-49(73)41-12-7-6-8-13-41/h5-17,19-24,33-36,38,47H,1,18,25-32,37H2,2-3H3,(H,60,64)(H,61,74)/t47-/m1/s1. The van der Waals surface area contributed by atoms with Crippen molar-refractivity contribution < 1.29 is 28.5 Å². The number of ether oxygens (including phenoxy) is 4. The fourth-order valence-corrected chi connectivity index (χ4v) is 9.57. The molecule has 0 bridgehead atoms. The van der Waals surface area contributed by atoms with Gasteiger partial charge >= 0.3 is 0 Å². The Balaban J connectivity index is 0.869. The molecule has 392 valence electrons. The van der Waals surface area contributed by atoms with Crippen LogP contribution in [0.25, 0.3) is 56.7 Å². The number of carbonyl (C=O) groups excluding carboxylic acids is 2. The zero-order valence-electron chi connectivity index (χ0n) is 43.1. The number of H-pyrrole nitrogens is 1. The average molecular weight is 1040 g/mol. The number of aromatic nitrogens is 10. The number of aromatic amines is 1. The number of hydrogen-bond donors (Lipinski definition) is 2. The summed E-state index contributed by atoms with van der Waals surface area (Å²) in [5.74, 6) is 1.20. The van der Waals surface area contributed by atoms with Crippen molar-refractivity contribution >= 4 is 23.6 Å². The molecule has 9 aromatic rings. The van der Waals surface area contributed by atoms with E-state index in [0.29, 0.717) is 111 Å². The van der Waals surface area contributed by atoms with Crippen molar-refractivity contribution in [3.63, 3.8) is 0 Å². The second-order valence-electron chi connectivity index (χ2n) is 18.4. The third kappa shape index (κ3) is 10.8. The van der Waals surface area contributed by atoms with E-state index in [1.807, 2.05) is 94.9 Å². The maximum Gasteiger partial charge on any atom is 0.274 e. The van der Waals surface area contributed by atoms with Crippen LogP contribution < -0.4 is 24.6 Å². The average Bonchev–Trinajstić information content (AvgIpc) is 4.40. The van der Waals surface area contributed by atoms with Crippen molar-refractivity contribution in [2.24, 2.45) is 0 Å². The number of carbonyl (C=O) groups is 2. The summed E-state index contributed by atoms with van der Waals surface area (Å²) in [6.07, 6.45) is 11.9. The van der Waals surface area contributed by atoms with E-state index in [-0.39, 0.29) is 29.7 Å². The van der Waals surface area contributed by atoms with Crippen LogP contribution >= 0.6 is 0 Å². The molecule has 0 spiro atoms. The highest BCUT2D eigenvalue weighted by atomic mass is 16.5. The number of hydrogen-bond acceptors (Lipinski definition) is 15. The minimum atomic E-state index is -0.565. The summed E-state index contributed by atoms with van der Waals surface area (Å²) in [4.78, 5) is 59.2. The van der Waals surface area contributed by atoms with Crippen LogP contribution in [-0.4, -0.2) is 135 Å². The molecular weight excluding hydrogens is 987 g/mol. The molecular formula is C59H55N13O6. The number of amides is 1. The SMILES string of the molecule is C=C=CC[C@H](c1ccc(-c2cnc(-c3nc(N4CCOCC4)nc(-c4cccc(-n5cccn5)c4)c3OC)[nH]2)cc1)c1cnn(-c2cccc(-c3nc(N4CCOCC4)nc(C(=O)NCC(=O)c4ccccc4)c3OC)c2)c1. The molecule has 2 aliphatic rings. The van der Waals surface area contributed by atoms with Gasteiger partial charge in [-0.15, -0.1) is 5.73 Å². The lowest BCUT2D eigenvalue weighted by molar-refractivity contribution is 0.0898.